The number of hydrogen-bond acceptors (Lipinski definition) is 4. The number of pyridine rings is 1. The molecular formula is C17H30N4. The van der Waals surface area contributed by atoms with Crippen LogP contribution >= 0.6 is 0 Å². The number of nitrogens with zero attached hydrogens (tertiary/aromatic N) is 3. The minimum atomic E-state index is 0.793. The van der Waals surface area contributed by atoms with Crippen LogP contribution in [0.5, 0.6) is 0 Å². The molecule has 1 aliphatic heterocycles. The molecule has 1 aromatic heterocycles. The van der Waals surface area contributed by atoms with E-state index in [9.17, 15) is 0 Å². The molecule has 2 rings (SSSR count). The summed E-state index contributed by atoms with van der Waals surface area (Å²) in [7, 11) is 0. The third kappa shape index (κ3) is 5.20. The van der Waals surface area contributed by atoms with Gasteiger partial charge in [-0.1, -0.05) is 39.0 Å². The van der Waals surface area contributed by atoms with Crippen LogP contribution in [0.25, 0.3) is 0 Å². The second-order valence-corrected chi connectivity index (χ2v) is 6.03. The zero-order valence-corrected chi connectivity index (χ0v) is 13.4. The van der Waals surface area contributed by atoms with Gasteiger partial charge in [0.05, 0.1) is 17.6 Å². The molecular weight excluding hydrogens is 260 g/mol. The van der Waals surface area contributed by atoms with Gasteiger partial charge in [0, 0.05) is 32.4 Å². The van der Waals surface area contributed by atoms with E-state index in [1.165, 1.54) is 45.1 Å². The highest BCUT2D eigenvalue weighted by atomic mass is 15.3. The van der Waals surface area contributed by atoms with Crippen LogP contribution in [0.1, 0.15) is 45.4 Å². The molecule has 21 heavy (non-hydrogen) atoms. The van der Waals surface area contributed by atoms with Crippen molar-refractivity contribution in [2.24, 2.45) is 0 Å². The number of unbranched alkanes of at least 4 members (excludes halogenated alkanes) is 5. The zero-order chi connectivity index (χ0) is 14.9. The first-order valence-corrected chi connectivity index (χ1v) is 8.48. The van der Waals surface area contributed by atoms with E-state index in [1.54, 1.807) is 6.20 Å². The lowest BCUT2D eigenvalue weighted by Crippen LogP contribution is -2.46. The van der Waals surface area contributed by atoms with Gasteiger partial charge < -0.3 is 10.6 Å². The number of hydrogen-bond donors (Lipinski definition) is 1. The molecule has 2 heterocycles. The number of piperazine rings is 1. The van der Waals surface area contributed by atoms with E-state index in [-0.39, 0.29) is 0 Å². The third-order valence-corrected chi connectivity index (χ3v) is 4.37. The number of aromatic nitrogens is 1. The van der Waals surface area contributed by atoms with Crippen LogP contribution in [0.2, 0.25) is 0 Å². The van der Waals surface area contributed by atoms with Gasteiger partial charge in [-0.05, 0) is 19.0 Å². The van der Waals surface area contributed by atoms with Gasteiger partial charge in [-0.3, -0.25) is 9.88 Å². The van der Waals surface area contributed by atoms with Crippen LogP contribution in [-0.4, -0.2) is 42.6 Å². The summed E-state index contributed by atoms with van der Waals surface area (Å²) in [5, 5.41) is 0. The fraction of sp³-hybridized carbons (Fsp3) is 0.706. The summed E-state index contributed by atoms with van der Waals surface area (Å²) in [5.41, 5.74) is 7.94. The smallest absolute Gasteiger partial charge is 0.0738 e. The fourth-order valence-electron chi connectivity index (χ4n) is 3.02. The van der Waals surface area contributed by atoms with E-state index >= 15 is 0 Å². The largest absolute Gasteiger partial charge is 0.396 e. The Labute approximate surface area is 129 Å². The maximum absolute atomic E-state index is 6.01. The van der Waals surface area contributed by atoms with Crippen molar-refractivity contribution in [3.05, 3.63) is 18.5 Å². The molecule has 4 heteroatoms. The Morgan fingerprint density at radius 1 is 1.05 bits per heavy atom. The molecule has 0 amide bonds. The molecule has 2 N–H and O–H groups in total. The van der Waals surface area contributed by atoms with Gasteiger partial charge in [0.25, 0.3) is 0 Å². The van der Waals surface area contributed by atoms with Crippen molar-refractivity contribution in [1.82, 2.24) is 9.88 Å². The molecule has 0 atom stereocenters. The molecule has 1 aliphatic rings. The van der Waals surface area contributed by atoms with E-state index in [4.69, 9.17) is 5.73 Å². The van der Waals surface area contributed by atoms with Crippen LogP contribution < -0.4 is 10.6 Å². The minimum absolute atomic E-state index is 0.793. The van der Waals surface area contributed by atoms with Crippen molar-refractivity contribution in [3.63, 3.8) is 0 Å². The minimum Gasteiger partial charge on any atom is -0.396 e. The Kier molecular flexibility index (Phi) is 6.80. The summed E-state index contributed by atoms with van der Waals surface area (Å²) < 4.78 is 0. The Balaban J connectivity index is 1.63. The van der Waals surface area contributed by atoms with Crippen molar-refractivity contribution in [2.45, 2.75) is 45.4 Å². The SMILES string of the molecule is CCCCCCCCN1CCN(c2ccncc2N)CC1. The summed E-state index contributed by atoms with van der Waals surface area (Å²) in [4.78, 5) is 9.04. The molecule has 1 aromatic rings. The topological polar surface area (TPSA) is 45.4 Å². The van der Waals surface area contributed by atoms with E-state index in [0.717, 1.165) is 37.6 Å². The van der Waals surface area contributed by atoms with Crippen molar-refractivity contribution in [1.29, 1.82) is 0 Å². The van der Waals surface area contributed by atoms with Gasteiger partial charge >= 0.3 is 0 Å². The zero-order valence-electron chi connectivity index (χ0n) is 13.4. The quantitative estimate of drug-likeness (QED) is 0.747. The average molecular weight is 290 g/mol. The lowest BCUT2D eigenvalue weighted by molar-refractivity contribution is 0.252. The molecule has 0 aromatic carbocycles. The summed E-state index contributed by atoms with van der Waals surface area (Å²) in [5.74, 6) is 0. The monoisotopic (exact) mass is 290 g/mol. The van der Waals surface area contributed by atoms with Crippen molar-refractivity contribution < 1.29 is 0 Å². The van der Waals surface area contributed by atoms with Gasteiger partial charge in [-0.2, -0.15) is 0 Å². The normalized spacial score (nSPS) is 16.3. The van der Waals surface area contributed by atoms with Crippen molar-refractivity contribution in [3.8, 4) is 0 Å². The van der Waals surface area contributed by atoms with Crippen molar-refractivity contribution in [2.75, 3.05) is 43.4 Å². The average Bonchev–Trinajstić information content (AvgIpc) is 2.52. The molecule has 0 bridgehead atoms. The molecule has 1 saturated heterocycles. The van der Waals surface area contributed by atoms with Gasteiger partial charge in [0.1, 0.15) is 0 Å². The Bertz CT molecular complexity index is 400. The van der Waals surface area contributed by atoms with Crippen LogP contribution in [0, 0.1) is 0 Å². The predicted molar refractivity (Wildman–Crippen MR) is 90.7 cm³/mol. The summed E-state index contributed by atoms with van der Waals surface area (Å²) in [6.45, 7) is 7.97. The molecule has 1 fully saturated rings. The molecule has 0 saturated carbocycles. The molecule has 0 spiro atoms. The first-order valence-electron chi connectivity index (χ1n) is 8.48. The second kappa shape index (κ2) is 8.88. The molecule has 0 aliphatic carbocycles. The standard InChI is InChI=1S/C17H30N4/c1-2-3-4-5-6-7-10-20-11-13-21(14-12-20)17-8-9-19-15-16(17)18/h8-9,15H,2-7,10-14,18H2,1H3. The Morgan fingerprint density at radius 2 is 1.76 bits per heavy atom. The number of nitrogen functional groups attached to an aromatic ring is 1. The van der Waals surface area contributed by atoms with Crippen LogP contribution in [0.4, 0.5) is 11.4 Å². The van der Waals surface area contributed by atoms with E-state index in [0.29, 0.717) is 0 Å². The summed E-state index contributed by atoms with van der Waals surface area (Å²) >= 11 is 0. The summed E-state index contributed by atoms with van der Waals surface area (Å²) in [6, 6.07) is 2.03. The van der Waals surface area contributed by atoms with Gasteiger partial charge in [-0.15, -0.1) is 0 Å². The highest BCUT2D eigenvalue weighted by Crippen LogP contribution is 2.22. The van der Waals surface area contributed by atoms with E-state index in [2.05, 4.69) is 21.7 Å². The molecule has 4 nitrogen and oxygen atoms in total. The fourth-order valence-corrected chi connectivity index (χ4v) is 3.02. The second-order valence-electron chi connectivity index (χ2n) is 6.03. The maximum Gasteiger partial charge on any atom is 0.0738 e. The molecule has 0 radical (unpaired) electrons. The van der Waals surface area contributed by atoms with Crippen LogP contribution in [-0.2, 0) is 0 Å². The van der Waals surface area contributed by atoms with Gasteiger partial charge in [0.2, 0.25) is 0 Å². The first kappa shape index (κ1) is 16.1. The van der Waals surface area contributed by atoms with Crippen molar-refractivity contribution >= 4 is 11.4 Å². The number of anilines is 2. The Morgan fingerprint density at radius 3 is 2.48 bits per heavy atom. The molecule has 118 valence electrons. The summed E-state index contributed by atoms with van der Waals surface area (Å²) in [6.07, 6.45) is 11.9. The number of nitrogens with two attached hydrogens (primary N) is 1. The predicted octanol–water partition coefficient (Wildman–Crippen LogP) is 3.15. The lowest BCUT2D eigenvalue weighted by Gasteiger charge is -2.36. The van der Waals surface area contributed by atoms with Gasteiger partial charge in [0.15, 0.2) is 0 Å². The van der Waals surface area contributed by atoms with Gasteiger partial charge in [-0.25, -0.2) is 0 Å². The lowest BCUT2D eigenvalue weighted by atomic mass is 10.1. The Hall–Kier alpha value is -1.29. The van der Waals surface area contributed by atoms with E-state index in [1.807, 2.05) is 12.3 Å². The third-order valence-electron chi connectivity index (χ3n) is 4.37. The number of rotatable bonds is 8. The molecule has 0 unspecified atom stereocenters. The maximum atomic E-state index is 6.01. The first-order chi connectivity index (χ1) is 10.3. The van der Waals surface area contributed by atoms with Crippen LogP contribution in [0.3, 0.4) is 0 Å². The highest BCUT2D eigenvalue weighted by molar-refractivity contribution is 5.66. The highest BCUT2D eigenvalue weighted by Gasteiger charge is 2.18. The van der Waals surface area contributed by atoms with E-state index < -0.39 is 0 Å². The van der Waals surface area contributed by atoms with Crippen LogP contribution in [0.15, 0.2) is 18.5 Å².